The number of carbonyl (C=O) groups is 1. The van der Waals surface area contributed by atoms with Crippen LogP contribution in [0.1, 0.15) is 30.0 Å². The molecule has 1 aliphatic heterocycles. The SMILES string of the molecule is CCCS(=O)(=O)Oc1c(C)cc(Cl)cc1Cc1ccc(N2CC(=O)NS2(=O)=O)c(O)c1. The second-order valence-corrected chi connectivity index (χ2v) is 10.8. The number of aryl methyl sites for hydroxylation is 1. The lowest BCUT2D eigenvalue weighted by atomic mass is 10.0. The summed E-state index contributed by atoms with van der Waals surface area (Å²) < 4.78 is 56.3. The highest BCUT2D eigenvalue weighted by atomic mass is 35.5. The van der Waals surface area contributed by atoms with E-state index in [0.29, 0.717) is 28.1 Å². The molecule has 1 fully saturated rings. The van der Waals surface area contributed by atoms with Crippen LogP contribution in [-0.2, 0) is 31.5 Å². The molecule has 1 aliphatic rings. The molecule has 1 heterocycles. The normalized spacial score (nSPS) is 15.7. The topological polar surface area (TPSA) is 130 Å². The van der Waals surface area contributed by atoms with Crippen molar-refractivity contribution in [1.29, 1.82) is 0 Å². The highest BCUT2D eigenvalue weighted by Crippen LogP contribution is 2.35. The summed E-state index contributed by atoms with van der Waals surface area (Å²) in [5.41, 5.74) is 1.53. The van der Waals surface area contributed by atoms with Gasteiger partial charge in [-0.1, -0.05) is 24.6 Å². The summed E-state index contributed by atoms with van der Waals surface area (Å²) in [6, 6.07) is 7.44. The maximum absolute atomic E-state index is 12.2. The van der Waals surface area contributed by atoms with E-state index in [-0.39, 0.29) is 29.4 Å². The Kier molecular flexibility index (Phi) is 6.40. The Hall–Kier alpha value is -2.50. The minimum absolute atomic E-state index is 0.0497. The molecule has 2 N–H and O–H groups in total. The highest BCUT2D eigenvalue weighted by molar-refractivity contribution is 7.92. The third kappa shape index (κ3) is 5.23. The fourth-order valence-corrected chi connectivity index (χ4v) is 5.77. The lowest BCUT2D eigenvalue weighted by Crippen LogP contribution is -2.29. The molecular formula is C19H21ClN2O7S2. The van der Waals surface area contributed by atoms with E-state index in [1.165, 1.54) is 12.1 Å². The van der Waals surface area contributed by atoms with Gasteiger partial charge < -0.3 is 9.29 Å². The van der Waals surface area contributed by atoms with Gasteiger partial charge in [-0.2, -0.15) is 16.8 Å². The first kappa shape index (κ1) is 23.2. The number of amides is 1. The second kappa shape index (κ2) is 8.56. The Morgan fingerprint density at radius 1 is 1.26 bits per heavy atom. The largest absolute Gasteiger partial charge is 0.506 e. The van der Waals surface area contributed by atoms with E-state index in [9.17, 15) is 26.7 Å². The number of hydrogen-bond donors (Lipinski definition) is 2. The molecule has 31 heavy (non-hydrogen) atoms. The fourth-order valence-electron chi connectivity index (χ4n) is 3.24. The van der Waals surface area contributed by atoms with Gasteiger partial charge in [0.1, 0.15) is 18.0 Å². The van der Waals surface area contributed by atoms with Crippen LogP contribution in [0.2, 0.25) is 5.02 Å². The van der Waals surface area contributed by atoms with Crippen LogP contribution in [0.4, 0.5) is 5.69 Å². The predicted molar refractivity (Wildman–Crippen MR) is 116 cm³/mol. The van der Waals surface area contributed by atoms with Gasteiger partial charge in [0, 0.05) is 17.0 Å². The molecule has 0 radical (unpaired) electrons. The molecule has 0 saturated carbocycles. The number of carbonyl (C=O) groups excluding carboxylic acids is 1. The number of aromatic hydroxyl groups is 1. The number of benzene rings is 2. The Balaban J connectivity index is 1.94. The number of anilines is 1. The maximum Gasteiger partial charge on any atom is 0.326 e. The van der Waals surface area contributed by atoms with Gasteiger partial charge >= 0.3 is 20.3 Å². The summed E-state index contributed by atoms with van der Waals surface area (Å²) in [5, 5.41) is 10.8. The van der Waals surface area contributed by atoms with Crippen LogP contribution in [0.3, 0.4) is 0 Å². The molecular weight excluding hydrogens is 468 g/mol. The number of hydrogen-bond acceptors (Lipinski definition) is 7. The Bertz CT molecular complexity index is 1240. The third-order valence-corrected chi connectivity index (χ3v) is 7.44. The monoisotopic (exact) mass is 488 g/mol. The molecule has 0 aliphatic carbocycles. The molecule has 0 bridgehead atoms. The summed E-state index contributed by atoms with van der Waals surface area (Å²) in [6.45, 7) is 2.97. The van der Waals surface area contributed by atoms with Gasteiger partial charge in [0.25, 0.3) is 5.91 Å². The zero-order chi connectivity index (χ0) is 23.0. The molecule has 2 aromatic carbocycles. The summed E-state index contributed by atoms with van der Waals surface area (Å²) in [5.74, 6) is -1.02. The van der Waals surface area contributed by atoms with E-state index in [1.807, 2.05) is 4.72 Å². The molecule has 168 valence electrons. The molecule has 12 heteroatoms. The van der Waals surface area contributed by atoms with E-state index >= 15 is 0 Å². The smallest absolute Gasteiger partial charge is 0.326 e. The number of nitrogens with zero attached hydrogens (tertiary/aromatic N) is 1. The van der Waals surface area contributed by atoms with Gasteiger partial charge in [0.05, 0.1) is 11.4 Å². The summed E-state index contributed by atoms with van der Waals surface area (Å²) in [4.78, 5) is 11.4. The molecule has 0 unspecified atom stereocenters. The number of phenolic OH excluding ortho intramolecular Hbond substituents is 1. The zero-order valence-corrected chi connectivity index (χ0v) is 19.1. The van der Waals surface area contributed by atoms with Gasteiger partial charge in [-0.05, 0) is 48.7 Å². The van der Waals surface area contributed by atoms with Crippen molar-refractivity contribution in [2.45, 2.75) is 26.7 Å². The van der Waals surface area contributed by atoms with Crippen LogP contribution in [-0.4, -0.2) is 40.1 Å². The first-order valence-corrected chi connectivity index (χ1v) is 12.7. The molecule has 3 rings (SSSR count). The second-order valence-electron chi connectivity index (χ2n) is 7.09. The zero-order valence-electron chi connectivity index (χ0n) is 16.8. The molecule has 1 amide bonds. The van der Waals surface area contributed by atoms with E-state index < -0.39 is 32.8 Å². The molecule has 0 atom stereocenters. The van der Waals surface area contributed by atoms with Gasteiger partial charge in [-0.25, -0.2) is 9.03 Å². The standard InChI is InChI=1S/C19H21ClN2O7S2/c1-3-6-30(25,26)29-19-12(2)7-15(20)10-14(19)8-13-4-5-16(17(23)9-13)22-11-18(24)21-31(22,27)28/h4-5,7,9-10,23H,3,6,8,11H2,1-2H3,(H,21,24). The molecule has 2 aromatic rings. The van der Waals surface area contributed by atoms with Gasteiger partial charge in [0.2, 0.25) is 0 Å². The summed E-state index contributed by atoms with van der Waals surface area (Å²) in [7, 11) is -7.84. The van der Waals surface area contributed by atoms with Crippen molar-refractivity contribution < 1.29 is 30.9 Å². The molecule has 1 saturated heterocycles. The fraction of sp³-hybridized carbons (Fsp3) is 0.316. The third-order valence-electron chi connectivity index (χ3n) is 4.50. The minimum Gasteiger partial charge on any atom is -0.506 e. The van der Waals surface area contributed by atoms with Crippen molar-refractivity contribution in [2.75, 3.05) is 16.6 Å². The van der Waals surface area contributed by atoms with Gasteiger partial charge in [-0.3, -0.25) is 4.79 Å². The lowest BCUT2D eigenvalue weighted by Gasteiger charge is -2.18. The van der Waals surface area contributed by atoms with Gasteiger partial charge in [-0.15, -0.1) is 0 Å². The number of nitrogens with one attached hydrogen (secondary N) is 1. The van der Waals surface area contributed by atoms with Crippen molar-refractivity contribution >= 4 is 43.5 Å². The van der Waals surface area contributed by atoms with E-state index in [4.69, 9.17) is 15.8 Å². The maximum atomic E-state index is 12.2. The Morgan fingerprint density at radius 2 is 1.97 bits per heavy atom. The van der Waals surface area contributed by atoms with Crippen LogP contribution >= 0.6 is 11.6 Å². The molecule has 9 nitrogen and oxygen atoms in total. The van der Waals surface area contributed by atoms with Crippen LogP contribution in [0, 0.1) is 6.92 Å². The van der Waals surface area contributed by atoms with Crippen molar-refractivity contribution in [1.82, 2.24) is 4.72 Å². The lowest BCUT2D eigenvalue weighted by molar-refractivity contribution is -0.117. The van der Waals surface area contributed by atoms with E-state index in [2.05, 4.69) is 0 Å². The van der Waals surface area contributed by atoms with Crippen molar-refractivity contribution in [2.24, 2.45) is 0 Å². The first-order chi connectivity index (χ1) is 14.4. The average molecular weight is 489 g/mol. The van der Waals surface area contributed by atoms with Gasteiger partial charge in [0.15, 0.2) is 0 Å². The van der Waals surface area contributed by atoms with Crippen LogP contribution in [0.15, 0.2) is 30.3 Å². The minimum atomic E-state index is -4.06. The summed E-state index contributed by atoms with van der Waals surface area (Å²) in [6.07, 6.45) is 0.562. The van der Waals surface area contributed by atoms with Crippen molar-refractivity contribution in [3.63, 3.8) is 0 Å². The number of phenols is 1. The van der Waals surface area contributed by atoms with Crippen LogP contribution in [0.5, 0.6) is 11.5 Å². The summed E-state index contributed by atoms with van der Waals surface area (Å²) >= 11 is 6.14. The van der Waals surface area contributed by atoms with E-state index in [1.54, 1.807) is 32.0 Å². The van der Waals surface area contributed by atoms with E-state index in [0.717, 1.165) is 4.31 Å². The van der Waals surface area contributed by atoms with Crippen LogP contribution in [0.25, 0.3) is 0 Å². The highest BCUT2D eigenvalue weighted by Gasteiger charge is 2.35. The molecule has 0 spiro atoms. The molecule has 0 aromatic heterocycles. The quantitative estimate of drug-likeness (QED) is 0.571. The van der Waals surface area contributed by atoms with Crippen molar-refractivity contribution in [3.8, 4) is 11.5 Å². The average Bonchev–Trinajstić information content (AvgIpc) is 2.90. The first-order valence-electron chi connectivity index (χ1n) is 9.28. The number of rotatable bonds is 7. The predicted octanol–water partition coefficient (Wildman–Crippen LogP) is 2.24. The Morgan fingerprint density at radius 3 is 2.55 bits per heavy atom. The number of halogens is 1. The Labute approximate surface area is 185 Å². The van der Waals surface area contributed by atoms with Crippen LogP contribution < -0.4 is 13.2 Å². The van der Waals surface area contributed by atoms with Crippen molar-refractivity contribution in [3.05, 3.63) is 52.0 Å².